The second-order valence-electron chi connectivity index (χ2n) is 6.18. The van der Waals surface area contributed by atoms with Gasteiger partial charge < -0.3 is 9.84 Å². The van der Waals surface area contributed by atoms with Gasteiger partial charge in [-0.05, 0) is 50.4 Å². The largest absolute Gasteiger partial charge is 0.481 e. The molecule has 3 nitrogen and oxygen atoms in total. The van der Waals surface area contributed by atoms with Crippen molar-refractivity contribution in [2.75, 3.05) is 6.61 Å². The molecule has 1 saturated heterocycles. The quantitative estimate of drug-likeness (QED) is 0.804. The van der Waals surface area contributed by atoms with Crippen molar-refractivity contribution in [1.82, 2.24) is 0 Å². The predicted molar refractivity (Wildman–Crippen MR) is 63.7 cm³/mol. The Labute approximate surface area is 103 Å². The Bertz CT molecular complexity index is 307. The molecule has 17 heavy (non-hydrogen) atoms. The molecule has 96 valence electrons. The van der Waals surface area contributed by atoms with E-state index in [1.165, 1.54) is 25.7 Å². The molecule has 3 unspecified atom stereocenters. The lowest BCUT2D eigenvalue weighted by Crippen LogP contribution is -2.45. The van der Waals surface area contributed by atoms with Gasteiger partial charge in [-0.25, -0.2) is 0 Å². The highest BCUT2D eigenvalue weighted by Crippen LogP contribution is 2.50. The minimum absolute atomic E-state index is 0.0587. The summed E-state index contributed by atoms with van der Waals surface area (Å²) in [7, 11) is 0. The van der Waals surface area contributed by atoms with Crippen molar-refractivity contribution in [2.45, 2.75) is 57.0 Å². The maximum Gasteiger partial charge on any atom is 0.306 e. The van der Waals surface area contributed by atoms with Crippen LogP contribution in [0.2, 0.25) is 0 Å². The fourth-order valence-electron chi connectivity index (χ4n) is 4.20. The first-order valence-electron chi connectivity index (χ1n) is 7.07. The number of carboxylic acids is 1. The van der Waals surface area contributed by atoms with Gasteiger partial charge in [-0.1, -0.05) is 12.8 Å². The van der Waals surface area contributed by atoms with Gasteiger partial charge in [0.1, 0.15) is 0 Å². The maximum atomic E-state index is 11.1. The van der Waals surface area contributed by atoms with Crippen LogP contribution in [-0.2, 0) is 9.53 Å². The third-order valence-corrected chi connectivity index (χ3v) is 5.30. The molecule has 3 rings (SSSR count). The molecule has 1 N–H and O–H groups in total. The molecule has 3 fully saturated rings. The predicted octanol–water partition coefficient (Wildman–Crippen LogP) is 2.84. The van der Waals surface area contributed by atoms with Crippen LogP contribution in [0.1, 0.15) is 51.4 Å². The molecule has 0 radical (unpaired) electrons. The number of hydrogen-bond donors (Lipinski definition) is 1. The highest BCUT2D eigenvalue weighted by Gasteiger charge is 2.47. The summed E-state index contributed by atoms with van der Waals surface area (Å²) in [4.78, 5) is 11.1. The van der Waals surface area contributed by atoms with E-state index in [4.69, 9.17) is 9.84 Å². The number of hydrogen-bond acceptors (Lipinski definition) is 2. The average molecular weight is 238 g/mol. The molecule has 1 spiro atoms. The zero-order chi connectivity index (χ0) is 11.9. The van der Waals surface area contributed by atoms with Crippen molar-refractivity contribution in [3.05, 3.63) is 0 Å². The van der Waals surface area contributed by atoms with E-state index in [9.17, 15) is 4.79 Å². The van der Waals surface area contributed by atoms with E-state index < -0.39 is 5.97 Å². The van der Waals surface area contributed by atoms with Gasteiger partial charge in [-0.15, -0.1) is 0 Å². The van der Waals surface area contributed by atoms with Crippen LogP contribution in [0.4, 0.5) is 0 Å². The van der Waals surface area contributed by atoms with Gasteiger partial charge in [-0.3, -0.25) is 4.79 Å². The van der Waals surface area contributed by atoms with Crippen LogP contribution in [-0.4, -0.2) is 23.3 Å². The summed E-state index contributed by atoms with van der Waals surface area (Å²) in [5.41, 5.74) is 0.140. The summed E-state index contributed by atoms with van der Waals surface area (Å²) in [5, 5.41) is 9.16. The highest BCUT2D eigenvalue weighted by atomic mass is 16.5. The van der Waals surface area contributed by atoms with Gasteiger partial charge in [0.05, 0.1) is 11.5 Å². The Balaban J connectivity index is 1.66. The van der Waals surface area contributed by atoms with Gasteiger partial charge in [-0.2, -0.15) is 0 Å². The van der Waals surface area contributed by atoms with Crippen LogP contribution in [0.3, 0.4) is 0 Å². The van der Waals surface area contributed by atoms with Crippen molar-refractivity contribution in [2.24, 2.45) is 17.8 Å². The van der Waals surface area contributed by atoms with Crippen molar-refractivity contribution in [3.8, 4) is 0 Å². The van der Waals surface area contributed by atoms with Gasteiger partial charge in [0, 0.05) is 6.61 Å². The number of carboxylic acid groups (broad SMARTS) is 1. The van der Waals surface area contributed by atoms with Crippen molar-refractivity contribution in [1.29, 1.82) is 0 Å². The Hall–Kier alpha value is -0.570. The van der Waals surface area contributed by atoms with Crippen LogP contribution in [0.15, 0.2) is 0 Å². The molecule has 3 atom stereocenters. The summed E-state index contributed by atoms with van der Waals surface area (Å²) in [5.74, 6) is 0.412. The van der Waals surface area contributed by atoms with Gasteiger partial charge in [0.25, 0.3) is 0 Å². The van der Waals surface area contributed by atoms with Crippen LogP contribution in [0, 0.1) is 17.8 Å². The Kier molecular flexibility index (Phi) is 2.89. The number of ether oxygens (including phenoxy) is 1. The first-order valence-corrected chi connectivity index (χ1v) is 7.07. The molecule has 1 heterocycles. The third kappa shape index (κ3) is 1.99. The first-order chi connectivity index (χ1) is 8.20. The third-order valence-electron chi connectivity index (χ3n) is 5.30. The Morgan fingerprint density at radius 2 is 1.94 bits per heavy atom. The van der Waals surface area contributed by atoms with Crippen LogP contribution in [0.5, 0.6) is 0 Å². The lowest BCUT2D eigenvalue weighted by Gasteiger charge is -2.46. The van der Waals surface area contributed by atoms with Gasteiger partial charge in [0.15, 0.2) is 0 Å². The summed E-state index contributed by atoms with van der Waals surface area (Å²) in [6.07, 6.45) is 9.21. The maximum absolute atomic E-state index is 11.1. The molecule has 2 saturated carbocycles. The number of rotatable bonds is 2. The van der Waals surface area contributed by atoms with E-state index in [1.807, 2.05) is 0 Å². The molecular weight excluding hydrogens is 216 g/mol. The van der Waals surface area contributed by atoms with E-state index in [0.717, 1.165) is 32.3 Å². The highest BCUT2D eigenvalue weighted by molar-refractivity contribution is 5.71. The van der Waals surface area contributed by atoms with Crippen molar-refractivity contribution in [3.63, 3.8) is 0 Å². The molecule has 2 aliphatic carbocycles. The molecular formula is C14H22O3. The zero-order valence-electron chi connectivity index (χ0n) is 10.4. The monoisotopic (exact) mass is 238 g/mol. The number of aliphatic carboxylic acids is 1. The summed E-state index contributed by atoms with van der Waals surface area (Å²) < 4.78 is 6.02. The van der Waals surface area contributed by atoms with Crippen LogP contribution < -0.4 is 0 Å². The van der Waals surface area contributed by atoms with E-state index in [0.29, 0.717) is 11.8 Å². The van der Waals surface area contributed by atoms with Gasteiger partial charge >= 0.3 is 5.97 Å². The van der Waals surface area contributed by atoms with E-state index >= 15 is 0 Å². The zero-order valence-corrected chi connectivity index (χ0v) is 10.4. The molecule has 0 bridgehead atoms. The van der Waals surface area contributed by atoms with E-state index in [2.05, 4.69) is 0 Å². The van der Waals surface area contributed by atoms with E-state index in [-0.39, 0.29) is 11.5 Å². The number of carbonyl (C=O) groups is 1. The molecule has 0 amide bonds. The molecule has 3 heteroatoms. The topological polar surface area (TPSA) is 46.5 Å². The molecule has 0 aromatic rings. The molecule has 0 aromatic heterocycles. The molecule has 0 aromatic carbocycles. The van der Waals surface area contributed by atoms with Crippen LogP contribution in [0.25, 0.3) is 0 Å². The Morgan fingerprint density at radius 1 is 1.18 bits per heavy atom. The summed E-state index contributed by atoms with van der Waals surface area (Å²) in [6, 6.07) is 0. The van der Waals surface area contributed by atoms with Gasteiger partial charge in [0.2, 0.25) is 0 Å². The minimum atomic E-state index is -0.576. The lowest BCUT2D eigenvalue weighted by molar-refractivity contribution is -0.155. The van der Waals surface area contributed by atoms with Crippen molar-refractivity contribution < 1.29 is 14.6 Å². The Morgan fingerprint density at radius 3 is 2.53 bits per heavy atom. The average Bonchev–Trinajstić information content (AvgIpc) is 2.64. The SMILES string of the molecule is O=C(O)C1CCC1C1CCOC2(CCCC2)C1. The van der Waals surface area contributed by atoms with Crippen LogP contribution >= 0.6 is 0 Å². The lowest BCUT2D eigenvalue weighted by atomic mass is 9.63. The summed E-state index contributed by atoms with van der Waals surface area (Å²) >= 11 is 0. The standard InChI is InChI=1S/C14H22O3/c15-13(16)12-4-3-11(12)10-5-8-17-14(9-10)6-1-2-7-14/h10-12H,1-9H2,(H,15,16). The second-order valence-corrected chi connectivity index (χ2v) is 6.18. The first kappa shape index (κ1) is 11.5. The smallest absolute Gasteiger partial charge is 0.306 e. The fourth-order valence-corrected chi connectivity index (χ4v) is 4.20. The minimum Gasteiger partial charge on any atom is -0.481 e. The fraction of sp³-hybridized carbons (Fsp3) is 0.929. The molecule has 1 aliphatic heterocycles. The van der Waals surface area contributed by atoms with E-state index in [1.54, 1.807) is 0 Å². The summed E-state index contributed by atoms with van der Waals surface area (Å²) in [6.45, 7) is 0.855. The molecule has 3 aliphatic rings. The van der Waals surface area contributed by atoms with Crippen molar-refractivity contribution >= 4 is 5.97 Å². The second kappa shape index (κ2) is 4.27. The normalized spacial score (nSPS) is 40.1.